The number of carbonyl (C=O) groups is 1. The van der Waals surface area contributed by atoms with E-state index in [9.17, 15) is 4.79 Å². The lowest BCUT2D eigenvalue weighted by molar-refractivity contribution is 0.0697. The van der Waals surface area contributed by atoms with Crippen LogP contribution in [0.5, 0.6) is 11.5 Å². The van der Waals surface area contributed by atoms with E-state index in [1.165, 1.54) is 0 Å². The number of nitrogens with one attached hydrogen (secondary N) is 1. The number of likely N-dealkylation sites (tertiary alicyclic amines) is 1. The zero-order valence-electron chi connectivity index (χ0n) is 14.0. The molecule has 2 rings (SSSR count). The number of carbonyl (C=O) groups excluding carboxylic acids is 1. The molecule has 128 valence electrons. The number of rotatable bonds is 6. The molecule has 23 heavy (non-hydrogen) atoms. The van der Waals surface area contributed by atoms with Crippen molar-refractivity contribution in [2.24, 2.45) is 0 Å². The second-order valence-electron chi connectivity index (χ2n) is 5.72. The smallest absolute Gasteiger partial charge is 0.254 e. The lowest BCUT2D eigenvalue weighted by Crippen LogP contribution is -2.46. The van der Waals surface area contributed by atoms with Crippen molar-refractivity contribution in [3.8, 4) is 11.5 Å². The molecule has 1 amide bonds. The van der Waals surface area contributed by atoms with Gasteiger partial charge < -0.3 is 19.7 Å². The number of hydrogen-bond donors (Lipinski definition) is 1. The van der Waals surface area contributed by atoms with Gasteiger partial charge in [-0.1, -0.05) is 6.92 Å². The molecule has 1 heterocycles. The fourth-order valence-corrected chi connectivity index (χ4v) is 3.32. The van der Waals surface area contributed by atoms with Gasteiger partial charge in [0.1, 0.15) is 0 Å². The van der Waals surface area contributed by atoms with Gasteiger partial charge in [-0.25, -0.2) is 0 Å². The lowest BCUT2D eigenvalue weighted by Gasteiger charge is -2.32. The van der Waals surface area contributed by atoms with Crippen LogP contribution < -0.4 is 14.8 Å². The van der Waals surface area contributed by atoms with Crippen LogP contribution >= 0.6 is 15.9 Å². The Kier molecular flexibility index (Phi) is 6.72. The Morgan fingerprint density at radius 1 is 1.48 bits per heavy atom. The number of halogens is 1. The van der Waals surface area contributed by atoms with Crippen molar-refractivity contribution in [3.63, 3.8) is 0 Å². The number of methoxy groups -OCH3 is 1. The zero-order valence-corrected chi connectivity index (χ0v) is 15.6. The van der Waals surface area contributed by atoms with Crippen molar-refractivity contribution in [3.05, 3.63) is 22.2 Å². The summed E-state index contributed by atoms with van der Waals surface area (Å²) in [7, 11) is 3.53. The Morgan fingerprint density at radius 2 is 2.26 bits per heavy atom. The Balaban J connectivity index is 2.21. The number of piperidine rings is 1. The van der Waals surface area contributed by atoms with E-state index in [1.54, 1.807) is 13.2 Å². The highest BCUT2D eigenvalue weighted by Gasteiger charge is 2.25. The molecule has 1 unspecified atom stereocenters. The van der Waals surface area contributed by atoms with Gasteiger partial charge in [-0.2, -0.15) is 0 Å². The maximum absolute atomic E-state index is 12.8. The highest BCUT2D eigenvalue weighted by molar-refractivity contribution is 9.10. The maximum atomic E-state index is 12.8. The van der Waals surface area contributed by atoms with Gasteiger partial charge in [0.25, 0.3) is 5.91 Å². The summed E-state index contributed by atoms with van der Waals surface area (Å²) in [5, 5.41) is 3.26. The molecule has 1 aliphatic heterocycles. The molecule has 1 aromatic carbocycles. The highest BCUT2D eigenvalue weighted by atomic mass is 79.9. The Hall–Kier alpha value is -1.27. The fraction of sp³-hybridized carbons (Fsp3) is 0.588. The van der Waals surface area contributed by atoms with Crippen molar-refractivity contribution in [2.75, 3.05) is 33.9 Å². The van der Waals surface area contributed by atoms with Gasteiger partial charge in [-0.3, -0.25) is 4.79 Å². The van der Waals surface area contributed by atoms with Gasteiger partial charge >= 0.3 is 0 Å². The van der Waals surface area contributed by atoms with Crippen LogP contribution in [-0.2, 0) is 0 Å². The van der Waals surface area contributed by atoms with Gasteiger partial charge in [0.15, 0.2) is 11.5 Å². The summed E-state index contributed by atoms with van der Waals surface area (Å²) >= 11 is 3.50. The first-order valence-electron chi connectivity index (χ1n) is 8.07. The van der Waals surface area contributed by atoms with Gasteiger partial charge in [-0.05, 0) is 54.4 Å². The second-order valence-corrected chi connectivity index (χ2v) is 6.57. The molecule has 1 saturated heterocycles. The van der Waals surface area contributed by atoms with Gasteiger partial charge in [-0.15, -0.1) is 0 Å². The first-order valence-corrected chi connectivity index (χ1v) is 8.86. The van der Waals surface area contributed by atoms with E-state index < -0.39 is 0 Å². The summed E-state index contributed by atoms with van der Waals surface area (Å²) in [6.07, 6.45) is 3.04. The standard InChI is InChI=1S/C17H25BrN2O3/c1-4-8-23-16-14(18)9-12(10-15(16)22-3)17(21)20-7-5-6-13(11-20)19-2/h9-10,13,19H,4-8,11H2,1-3H3. The van der Waals surface area contributed by atoms with Crippen LogP contribution in [0.2, 0.25) is 0 Å². The predicted octanol–water partition coefficient (Wildman–Crippen LogP) is 3.07. The number of benzene rings is 1. The van der Waals surface area contributed by atoms with Crippen LogP contribution in [-0.4, -0.2) is 50.7 Å². The molecular formula is C17H25BrN2O3. The Labute approximate surface area is 146 Å². The molecule has 0 radical (unpaired) electrons. The van der Waals surface area contributed by atoms with E-state index in [1.807, 2.05) is 24.9 Å². The topological polar surface area (TPSA) is 50.8 Å². The molecule has 0 spiro atoms. The van der Waals surface area contributed by atoms with E-state index in [-0.39, 0.29) is 5.91 Å². The van der Waals surface area contributed by atoms with Crippen molar-refractivity contribution in [1.29, 1.82) is 0 Å². The van der Waals surface area contributed by atoms with E-state index >= 15 is 0 Å². The van der Waals surface area contributed by atoms with E-state index in [0.717, 1.165) is 36.8 Å². The molecule has 0 aliphatic carbocycles. The van der Waals surface area contributed by atoms with Gasteiger partial charge in [0.05, 0.1) is 18.2 Å². The molecule has 6 heteroatoms. The van der Waals surface area contributed by atoms with Crippen LogP contribution in [0.3, 0.4) is 0 Å². The van der Waals surface area contributed by atoms with E-state index in [0.29, 0.717) is 29.7 Å². The minimum Gasteiger partial charge on any atom is -0.493 e. The summed E-state index contributed by atoms with van der Waals surface area (Å²) in [4.78, 5) is 14.7. The molecule has 0 aromatic heterocycles. The third-order valence-electron chi connectivity index (χ3n) is 4.04. The van der Waals surface area contributed by atoms with Crippen LogP contribution in [0.15, 0.2) is 16.6 Å². The number of ether oxygens (including phenoxy) is 2. The molecule has 1 aromatic rings. The number of likely N-dealkylation sites (N-methyl/N-ethyl adjacent to an activating group) is 1. The van der Waals surface area contributed by atoms with E-state index in [2.05, 4.69) is 21.2 Å². The number of hydrogen-bond acceptors (Lipinski definition) is 4. The highest BCUT2D eigenvalue weighted by Crippen LogP contribution is 2.37. The average Bonchev–Trinajstić information content (AvgIpc) is 2.59. The average molecular weight is 385 g/mol. The molecule has 0 bridgehead atoms. The summed E-state index contributed by atoms with van der Waals surface area (Å²) in [6.45, 7) is 4.19. The van der Waals surface area contributed by atoms with Gasteiger partial charge in [0.2, 0.25) is 0 Å². The normalized spacial score (nSPS) is 17.9. The first-order chi connectivity index (χ1) is 11.1. The van der Waals surface area contributed by atoms with Crippen LogP contribution in [0.25, 0.3) is 0 Å². The maximum Gasteiger partial charge on any atom is 0.254 e. The number of nitrogens with zero attached hydrogens (tertiary/aromatic N) is 1. The van der Waals surface area contributed by atoms with Crippen molar-refractivity contribution in [2.45, 2.75) is 32.2 Å². The molecule has 0 saturated carbocycles. The molecule has 1 N–H and O–H groups in total. The predicted molar refractivity (Wildman–Crippen MR) is 94.5 cm³/mol. The monoisotopic (exact) mass is 384 g/mol. The second kappa shape index (κ2) is 8.55. The summed E-state index contributed by atoms with van der Waals surface area (Å²) in [6, 6.07) is 3.95. The molecular weight excluding hydrogens is 360 g/mol. The zero-order chi connectivity index (χ0) is 16.8. The van der Waals surface area contributed by atoms with Crippen LogP contribution in [0.4, 0.5) is 0 Å². The Bertz CT molecular complexity index is 551. The Morgan fingerprint density at radius 3 is 2.91 bits per heavy atom. The third kappa shape index (κ3) is 4.38. The fourth-order valence-electron chi connectivity index (χ4n) is 2.77. The molecule has 1 aliphatic rings. The largest absolute Gasteiger partial charge is 0.493 e. The van der Waals surface area contributed by atoms with Crippen molar-refractivity contribution < 1.29 is 14.3 Å². The molecule has 1 fully saturated rings. The third-order valence-corrected chi connectivity index (χ3v) is 4.63. The summed E-state index contributed by atoms with van der Waals surface area (Å²) in [5.41, 5.74) is 0.620. The summed E-state index contributed by atoms with van der Waals surface area (Å²) < 4.78 is 11.9. The van der Waals surface area contributed by atoms with Crippen LogP contribution in [0, 0.1) is 0 Å². The quantitative estimate of drug-likeness (QED) is 0.818. The lowest BCUT2D eigenvalue weighted by atomic mass is 10.0. The van der Waals surface area contributed by atoms with Crippen molar-refractivity contribution >= 4 is 21.8 Å². The van der Waals surface area contributed by atoms with E-state index in [4.69, 9.17) is 9.47 Å². The molecule has 1 atom stereocenters. The summed E-state index contributed by atoms with van der Waals surface area (Å²) in [5.74, 6) is 1.27. The first kappa shape index (κ1) is 18.1. The SMILES string of the molecule is CCCOc1c(Br)cc(C(=O)N2CCCC(NC)C2)cc1OC. The number of amides is 1. The molecule has 5 nitrogen and oxygen atoms in total. The minimum atomic E-state index is 0.0333. The minimum absolute atomic E-state index is 0.0333. The van der Waals surface area contributed by atoms with Crippen LogP contribution in [0.1, 0.15) is 36.5 Å². The van der Waals surface area contributed by atoms with Crippen molar-refractivity contribution in [1.82, 2.24) is 10.2 Å². The van der Waals surface area contributed by atoms with Gasteiger partial charge in [0, 0.05) is 24.7 Å².